The second kappa shape index (κ2) is 16.9. The molecule has 0 saturated carbocycles. The Kier molecular flexibility index (Phi) is 13.4. The van der Waals surface area contributed by atoms with Gasteiger partial charge in [-0.25, -0.2) is 9.59 Å². The van der Waals surface area contributed by atoms with Crippen molar-refractivity contribution in [1.82, 2.24) is 4.90 Å². The molecule has 220 valence electrons. The molecule has 3 aromatic carbocycles. The highest BCUT2D eigenvalue weighted by molar-refractivity contribution is 6.34. The molecule has 0 aromatic heterocycles. The van der Waals surface area contributed by atoms with E-state index in [1.165, 1.54) is 0 Å². The first kappa shape index (κ1) is 32.3. The topological polar surface area (TPSA) is 97.3 Å². The predicted octanol–water partition coefficient (Wildman–Crippen LogP) is 7.45. The summed E-state index contributed by atoms with van der Waals surface area (Å²) in [6.07, 6.45) is 0.766. The van der Waals surface area contributed by atoms with Gasteiger partial charge in [0.25, 0.3) is 0 Å². The number of carbonyl (C=O) groups is 2. The minimum absolute atomic E-state index is 0.260. The molecule has 3 aromatic rings. The van der Waals surface area contributed by atoms with Gasteiger partial charge in [0, 0.05) is 40.3 Å². The maximum atomic E-state index is 13.1. The number of hydrogen-bond donors (Lipinski definition) is 2. The van der Waals surface area contributed by atoms with Crippen LogP contribution >= 0.6 is 34.8 Å². The maximum Gasteiger partial charge on any atom is 0.333 e. The number of anilines is 1. The fraction of sp³-hybridized carbons (Fsp3) is 0.333. The number of rotatable bonds is 16. The third-order valence-electron chi connectivity index (χ3n) is 5.93. The zero-order valence-electron chi connectivity index (χ0n) is 22.7. The van der Waals surface area contributed by atoms with Crippen LogP contribution in [0.2, 0.25) is 15.1 Å². The summed E-state index contributed by atoms with van der Waals surface area (Å²) < 4.78 is 16.9. The predicted molar refractivity (Wildman–Crippen MR) is 162 cm³/mol. The molecule has 1 unspecified atom stereocenters. The van der Waals surface area contributed by atoms with Crippen LogP contribution in [0, 0.1) is 0 Å². The van der Waals surface area contributed by atoms with Crippen molar-refractivity contribution in [2.24, 2.45) is 0 Å². The fourth-order valence-electron chi connectivity index (χ4n) is 3.89. The van der Waals surface area contributed by atoms with Crippen molar-refractivity contribution < 1.29 is 28.9 Å². The molecule has 0 aliphatic heterocycles. The zero-order valence-corrected chi connectivity index (χ0v) is 24.9. The quantitative estimate of drug-likeness (QED) is 0.161. The lowest BCUT2D eigenvalue weighted by Gasteiger charge is -2.23. The summed E-state index contributed by atoms with van der Waals surface area (Å²) in [6.45, 7) is 3.62. The highest BCUT2D eigenvalue weighted by Crippen LogP contribution is 2.24. The molecule has 11 heteroatoms. The first-order valence-corrected chi connectivity index (χ1v) is 14.3. The van der Waals surface area contributed by atoms with Crippen molar-refractivity contribution in [3.8, 4) is 11.5 Å². The second-order valence-corrected chi connectivity index (χ2v) is 10.4. The van der Waals surface area contributed by atoms with Gasteiger partial charge in [-0.15, -0.1) is 0 Å². The Balaban J connectivity index is 1.52. The molecule has 0 aliphatic rings. The first-order valence-electron chi connectivity index (χ1n) is 13.2. The van der Waals surface area contributed by atoms with E-state index in [2.05, 4.69) is 5.32 Å². The monoisotopic (exact) mass is 622 g/mol. The van der Waals surface area contributed by atoms with Gasteiger partial charge in [-0.3, -0.25) is 0 Å². The van der Waals surface area contributed by atoms with Crippen LogP contribution in [0.25, 0.3) is 0 Å². The first-order chi connectivity index (χ1) is 19.7. The molecule has 0 bridgehead atoms. The molecular weight excluding hydrogens is 591 g/mol. The van der Waals surface area contributed by atoms with E-state index >= 15 is 0 Å². The molecule has 8 nitrogen and oxygen atoms in total. The molecule has 0 heterocycles. The summed E-state index contributed by atoms with van der Waals surface area (Å²) in [7, 11) is 0. The van der Waals surface area contributed by atoms with Crippen molar-refractivity contribution in [2.75, 3.05) is 38.2 Å². The molecule has 0 aliphatic carbocycles. The van der Waals surface area contributed by atoms with Gasteiger partial charge < -0.3 is 29.5 Å². The van der Waals surface area contributed by atoms with E-state index in [1.54, 1.807) is 66.4 Å². The number of ether oxygens (including phenoxy) is 3. The number of urea groups is 1. The summed E-state index contributed by atoms with van der Waals surface area (Å²) in [6, 6.07) is 18.8. The Labute approximate surface area is 255 Å². The number of halogens is 3. The average Bonchev–Trinajstić information content (AvgIpc) is 2.93. The number of nitrogens with one attached hydrogen (secondary N) is 1. The van der Waals surface area contributed by atoms with Gasteiger partial charge in [-0.1, -0.05) is 46.9 Å². The summed E-state index contributed by atoms with van der Waals surface area (Å²) in [5.41, 5.74) is 1.46. The van der Waals surface area contributed by atoms with Crippen LogP contribution < -0.4 is 14.8 Å². The zero-order chi connectivity index (χ0) is 29.6. The standard InChI is InChI=1S/C30H33Cl3N2O6/c1-2-39-28(29(36)37)17-21-5-11-26(12-6-21)41-16-14-35(30(38)34-25-9-7-22(31)8-10-25)13-3-4-15-40-27-19-23(32)18-24(33)20-27/h5-12,18-20,28H,2-4,13-17H2,1H3,(H,34,38)(H,36,37). The lowest BCUT2D eigenvalue weighted by molar-refractivity contribution is -0.149. The summed E-state index contributed by atoms with van der Waals surface area (Å²) in [5.74, 6) is 0.212. The van der Waals surface area contributed by atoms with Crippen molar-refractivity contribution in [2.45, 2.75) is 32.3 Å². The van der Waals surface area contributed by atoms with Crippen molar-refractivity contribution in [3.05, 3.63) is 87.4 Å². The molecule has 3 rings (SSSR count). The molecule has 0 saturated heterocycles. The van der Waals surface area contributed by atoms with Crippen LogP contribution in [-0.2, 0) is 16.0 Å². The number of aliphatic carboxylic acids is 1. The van der Waals surface area contributed by atoms with Crippen molar-refractivity contribution >= 4 is 52.5 Å². The van der Waals surface area contributed by atoms with Crippen LogP contribution in [0.1, 0.15) is 25.3 Å². The van der Waals surface area contributed by atoms with Crippen molar-refractivity contribution in [1.29, 1.82) is 0 Å². The third-order valence-corrected chi connectivity index (χ3v) is 6.62. The van der Waals surface area contributed by atoms with Gasteiger partial charge in [0.2, 0.25) is 0 Å². The lowest BCUT2D eigenvalue weighted by Crippen LogP contribution is -2.38. The van der Waals surface area contributed by atoms with Gasteiger partial charge in [-0.2, -0.15) is 0 Å². The van der Waals surface area contributed by atoms with Crippen molar-refractivity contribution in [3.63, 3.8) is 0 Å². The number of nitrogens with zero attached hydrogens (tertiary/aromatic N) is 1. The molecular formula is C30H33Cl3N2O6. The number of unbranched alkanes of at least 4 members (excludes halogenated alkanes) is 1. The van der Waals surface area contributed by atoms with E-state index in [9.17, 15) is 14.7 Å². The van der Waals surface area contributed by atoms with E-state index < -0.39 is 12.1 Å². The Hall–Kier alpha value is -3.17. The number of carbonyl (C=O) groups excluding carboxylic acids is 1. The van der Waals surface area contributed by atoms with E-state index in [0.717, 1.165) is 5.56 Å². The van der Waals surface area contributed by atoms with Crippen LogP contribution in [0.3, 0.4) is 0 Å². The van der Waals surface area contributed by atoms with E-state index in [0.29, 0.717) is 71.4 Å². The van der Waals surface area contributed by atoms with Crippen LogP contribution in [0.5, 0.6) is 11.5 Å². The van der Waals surface area contributed by atoms with E-state index in [4.69, 9.17) is 49.0 Å². The minimum atomic E-state index is -0.996. The minimum Gasteiger partial charge on any atom is -0.493 e. The SMILES string of the molecule is CCOC(Cc1ccc(OCCN(CCCCOc2cc(Cl)cc(Cl)c2)C(=O)Nc2ccc(Cl)cc2)cc1)C(=O)O. The lowest BCUT2D eigenvalue weighted by atomic mass is 10.1. The summed E-state index contributed by atoms with van der Waals surface area (Å²) in [4.78, 5) is 26.1. The number of carboxylic acids is 1. The highest BCUT2D eigenvalue weighted by Gasteiger charge is 2.18. The molecule has 0 fully saturated rings. The second-order valence-electron chi connectivity index (χ2n) is 9.06. The molecule has 2 N–H and O–H groups in total. The smallest absolute Gasteiger partial charge is 0.333 e. The Morgan fingerprint density at radius 2 is 1.49 bits per heavy atom. The Morgan fingerprint density at radius 1 is 0.829 bits per heavy atom. The molecule has 0 spiro atoms. The normalized spacial score (nSPS) is 11.5. The van der Waals surface area contributed by atoms with Crippen LogP contribution in [0.4, 0.5) is 10.5 Å². The number of hydrogen-bond acceptors (Lipinski definition) is 5. The molecule has 0 radical (unpaired) electrons. The Bertz CT molecular complexity index is 1240. The molecule has 41 heavy (non-hydrogen) atoms. The van der Waals surface area contributed by atoms with Gasteiger partial charge in [0.1, 0.15) is 18.1 Å². The van der Waals surface area contributed by atoms with Gasteiger partial charge in [0.05, 0.1) is 13.2 Å². The summed E-state index contributed by atoms with van der Waals surface area (Å²) >= 11 is 18.0. The maximum absolute atomic E-state index is 13.1. The number of carboxylic acid groups (broad SMARTS) is 1. The van der Waals surface area contributed by atoms with Gasteiger partial charge in [-0.05, 0) is 79.9 Å². The largest absolute Gasteiger partial charge is 0.493 e. The highest BCUT2D eigenvalue weighted by atomic mass is 35.5. The van der Waals surface area contributed by atoms with E-state index in [1.807, 2.05) is 12.1 Å². The summed E-state index contributed by atoms with van der Waals surface area (Å²) in [5, 5.41) is 13.8. The average molecular weight is 624 g/mol. The third kappa shape index (κ3) is 11.7. The number of amides is 2. The fourth-order valence-corrected chi connectivity index (χ4v) is 4.52. The van der Waals surface area contributed by atoms with Crippen LogP contribution in [-0.4, -0.2) is 61.0 Å². The van der Waals surface area contributed by atoms with Crippen LogP contribution in [0.15, 0.2) is 66.7 Å². The van der Waals surface area contributed by atoms with Gasteiger partial charge in [0.15, 0.2) is 6.10 Å². The molecule has 1 atom stereocenters. The van der Waals surface area contributed by atoms with E-state index in [-0.39, 0.29) is 19.1 Å². The number of benzene rings is 3. The Morgan fingerprint density at radius 3 is 2.12 bits per heavy atom. The van der Waals surface area contributed by atoms with Gasteiger partial charge >= 0.3 is 12.0 Å². The molecule has 2 amide bonds.